The van der Waals surface area contributed by atoms with E-state index in [-0.39, 0.29) is 6.42 Å². The third kappa shape index (κ3) is 2.47. The lowest BCUT2D eigenvalue weighted by molar-refractivity contribution is -0.137. The van der Waals surface area contributed by atoms with E-state index in [1.165, 1.54) is 0 Å². The van der Waals surface area contributed by atoms with Gasteiger partial charge in [-0.05, 0) is 30.0 Å². The molecular formula is C12H13ClO3. The highest BCUT2D eigenvalue weighted by Gasteiger charge is 2.16. The number of fused-ring (bicyclic) bond motifs is 1. The zero-order valence-corrected chi connectivity index (χ0v) is 9.59. The number of hydrogen-bond acceptors (Lipinski definition) is 2. The van der Waals surface area contributed by atoms with E-state index in [4.69, 9.17) is 21.4 Å². The van der Waals surface area contributed by atoms with E-state index in [0.717, 1.165) is 29.7 Å². The number of aliphatic carboxylic acids is 1. The minimum absolute atomic E-state index is 0.200. The van der Waals surface area contributed by atoms with E-state index >= 15 is 0 Å². The highest BCUT2D eigenvalue weighted by molar-refractivity contribution is 6.32. The zero-order valence-electron chi connectivity index (χ0n) is 8.83. The molecule has 0 aromatic heterocycles. The summed E-state index contributed by atoms with van der Waals surface area (Å²) in [5, 5.41) is 9.19. The molecule has 4 heteroatoms. The maximum Gasteiger partial charge on any atom is 0.303 e. The molecule has 1 heterocycles. The van der Waals surface area contributed by atoms with Gasteiger partial charge in [0.15, 0.2) is 0 Å². The van der Waals surface area contributed by atoms with E-state index in [2.05, 4.69) is 6.07 Å². The fourth-order valence-electron chi connectivity index (χ4n) is 1.91. The van der Waals surface area contributed by atoms with Crippen molar-refractivity contribution in [3.63, 3.8) is 0 Å². The molecule has 0 atom stereocenters. The Morgan fingerprint density at radius 2 is 2.31 bits per heavy atom. The summed E-state index contributed by atoms with van der Waals surface area (Å²) >= 11 is 6.07. The molecule has 0 spiro atoms. The molecule has 16 heavy (non-hydrogen) atoms. The Bertz CT molecular complexity index is 415. The highest BCUT2D eigenvalue weighted by Crippen LogP contribution is 2.34. The van der Waals surface area contributed by atoms with Crippen molar-refractivity contribution in [3.8, 4) is 5.75 Å². The van der Waals surface area contributed by atoms with Gasteiger partial charge in [0.25, 0.3) is 0 Å². The number of carboxylic acid groups (broad SMARTS) is 1. The molecule has 1 aliphatic heterocycles. The summed E-state index contributed by atoms with van der Waals surface area (Å²) in [5.74, 6) is 0.0410. The zero-order chi connectivity index (χ0) is 11.5. The maximum atomic E-state index is 10.4. The Labute approximate surface area is 99.0 Å². The number of halogens is 1. The predicted molar refractivity (Wildman–Crippen MR) is 61.2 cm³/mol. The number of rotatable bonds is 4. The first-order valence-corrected chi connectivity index (χ1v) is 5.70. The molecule has 0 amide bonds. The summed E-state index contributed by atoms with van der Waals surface area (Å²) in [6.07, 6.45) is 2.48. The first-order valence-electron chi connectivity index (χ1n) is 5.32. The molecule has 1 aromatic carbocycles. The average Bonchev–Trinajstić information content (AvgIpc) is 2.65. The van der Waals surface area contributed by atoms with Crippen LogP contribution in [0.5, 0.6) is 5.75 Å². The van der Waals surface area contributed by atoms with Crippen LogP contribution in [0.3, 0.4) is 0 Å². The summed E-state index contributed by atoms with van der Waals surface area (Å²) in [6.45, 7) is 0.688. The van der Waals surface area contributed by atoms with Crippen molar-refractivity contribution in [2.45, 2.75) is 25.7 Å². The van der Waals surface area contributed by atoms with Crippen molar-refractivity contribution < 1.29 is 14.6 Å². The first-order chi connectivity index (χ1) is 7.66. The van der Waals surface area contributed by atoms with Crippen molar-refractivity contribution in [1.82, 2.24) is 0 Å². The molecule has 1 N–H and O–H groups in total. The normalized spacial score (nSPS) is 13.3. The van der Waals surface area contributed by atoms with Gasteiger partial charge in [-0.2, -0.15) is 0 Å². The van der Waals surface area contributed by atoms with Gasteiger partial charge in [-0.3, -0.25) is 4.79 Å². The Kier molecular flexibility index (Phi) is 3.34. The van der Waals surface area contributed by atoms with Crippen LogP contribution in [0.4, 0.5) is 0 Å². The Morgan fingerprint density at radius 1 is 1.50 bits per heavy atom. The predicted octanol–water partition coefficient (Wildman–Crippen LogP) is 2.68. The van der Waals surface area contributed by atoms with Gasteiger partial charge in [-0.25, -0.2) is 0 Å². The van der Waals surface area contributed by atoms with E-state index in [1.807, 2.05) is 6.07 Å². The second-order valence-corrected chi connectivity index (χ2v) is 4.32. The van der Waals surface area contributed by atoms with Gasteiger partial charge in [-0.1, -0.05) is 17.7 Å². The number of ether oxygens (including phenoxy) is 1. The average molecular weight is 241 g/mol. The smallest absolute Gasteiger partial charge is 0.303 e. The van der Waals surface area contributed by atoms with Gasteiger partial charge in [0.1, 0.15) is 5.75 Å². The molecule has 1 aliphatic rings. The van der Waals surface area contributed by atoms with E-state index in [0.29, 0.717) is 18.1 Å². The molecule has 0 radical (unpaired) electrons. The van der Waals surface area contributed by atoms with Crippen LogP contribution in [0.15, 0.2) is 12.1 Å². The molecule has 0 saturated carbocycles. The third-order valence-electron chi connectivity index (χ3n) is 2.65. The molecule has 86 valence electrons. The second-order valence-electron chi connectivity index (χ2n) is 3.91. The number of hydrogen-bond donors (Lipinski definition) is 1. The molecular weight excluding hydrogens is 228 g/mol. The van der Waals surface area contributed by atoms with Crippen LogP contribution >= 0.6 is 11.6 Å². The van der Waals surface area contributed by atoms with Crippen molar-refractivity contribution in [2.24, 2.45) is 0 Å². The van der Waals surface area contributed by atoms with E-state index < -0.39 is 5.97 Å². The lowest BCUT2D eigenvalue weighted by Crippen LogP contribution is -1.96. The monoisotopic (exact) mass is 240 g/mol. The molecule has 0 fully saturated rings. The quantitative estimate of drug-likeness (QED) is 0.880. The summed E-state index contributed by atoms with van der Waals surface area (Å²) in [6, 6.07) is 3.93. The topological polar surface area (TPSA) is 46.5 Å². The largest absolute Gasteiger partial charge is 0.491 e. The van der Waals surface area contributed by atoms with Crippen LogP contribution in [0.2, 0.25) is 5.02 Å². The molecule has 0 bridgehead atoms. The SMILES string of the molecule is O=C(O)CCCc1cc(Cl)c2c(c1)CCO2. The van der Waals surface area contributed by atoms with Gasteiger partial charge < -0.3 is 9.84 Å². The molecule has 0 aliphatic carbocycles. The van der Waals surface area contributed by atoms with Crippen LogP contribution < -0.4 is 4.74 Å². The number of carbonyl (C=O) groups is 1. The molecule has 2 rings (SSSR count). The minimum atomic E-state index is -0.754. The van der Waals surface area contributed by atoms with Crippen molar-refractivity contribution >= 4 is 17.6 Å². The summed E-state index contributed by atoms with van der Waals surface area (Å²) < 4.78 is 5.40. The first kappa shape index (κ1) is 11.3. The van der Waals surface area contributed by atoms with Crippen LogP contribution in [0, 0.1) is 0 Å². The van der Waals surface area contributed by atoms with E-state index in [1.54, 1.807) is 0 Å². The Balaban J connectivity index is 2.05. The summed E-state index contributed by atoms with van der Waals surface area (Å²) in [5.41, 5.74) is 2.23. The summed E-state index contributed by atoms with van der Waals surface area (Å²) in [4.78, 5) is 10.4. The van der Waals surface area contributed by atoms with Gasteiger partial charge in [0, 0.05) is 12.8 Å². The van der Waals surface area contributed by atoms with Crippen LogP contribution in [-0.4, -0.2) is 17.7 Å². The van der Waals surface area contributed by atoms with Crippen LogP contribution in [0.1, 0.15) is 24.0 Å². The fraction of sp³-hybridized carbons (Fsp3) is 0.417. The molecule has 0 saturated heterocycles. The van der Waals surface area contributed by atoms with Gasteiger partial charge in [0.2, 0.25) is 0 Å². The third-order valence-corrected chi connectivity index (χ3v) is 2.93. The highest BCUT2D eigenvalue weighted by atomic mass is 35.5. The fourth-order valence-corrected chi connectivity index (χ4v) is 2.23. The number of carboxylic acids is 1. The lowest BCUT2D eigenvalue weighted by atomic mass is 10.0. The van der Waals surface area contributed by atoms with Crippen LogP contribution in [-0.2, 0) is 17.6 Å². The van der Waals surface area contributed by atoms with Crippen LogP contribution in [0.25, 0.3) is 0 Å². The van der Waals surface area contributed by atoms with E-state index in [9.17, 15) is 4.79 Å². The lowest BCUT2D eigenvalue weighted by Gasteiger charge is -2.06. The molecule has 0 unspecified atom stereocenters. The standard InChI is InChI=1S/C12H13ClO3/c13-10-7-8(2-1-3-11(14)15)6-9-4-5-16-12(9)10/h6-7H,1-5H2,(H,14,15). The van der Waals surface area contributed by atoms with Crippen molar-refractivity contribution in [3.05, 3.63) is 28.3 Å². The Morgan fingerprint density at radius 3 is 3.06 bits per heavy atom. The van der Waals surface area contributed by atoms with Gasteiger partial charge in [-0.15, -0.1) is 0 Å². The number of aryl methyl sites for hydroxylation is 1. The summed E-state index contributed by atoms with van der Waals surface area (Å²) in [7, 11) is 0. The minimum Gasteiger partial charge on any atom is -0.491 e. The van der Waals surface area contributed by atoms with Gasteiger partial charge >= 0.3 is 5.97 Å². The van der Waals surface area contributed by atoms with Crippen molar-refractivity contribution in [1.29, 1.82) is 0 Å². The molecule has 1 aromatic rings. The molecule has 3 nitrogen and oxygen atoms in total. The Hall–Kier alpha value is -1.22. The van der Waals surface area contributed by atoms with Gasteiger partial charge in [0.05, 0.1) is 11.6 Å². The maximum absolute atomic E-state index is 10.4. The van der Waals surface area contributed by atoms with Crippen molar-refractivity contribution in [2.75, 3.05) is 6.61 Å². The second kappa shape index (κ2) is 4.74. The number of benzene rings is 1.